The van der Waals surface area contributed by atoms with Crippen LogP contribution in [0.1, 0.15) is 25.5 Å². The molecule has 1 N–H and O–H groups in total. The molecule has 0 unspecified atom stereocenters. The second kappa shape index (κ2) is 4.83. The first-order valence-electron chi connectivity index (χ1n) is 4.43. The Hall–Kier alpha value is -1.08. The van der Waals surface area contributed by atoms with E-state index in [0.29, 0.717) is 13.0 Å². The molecule has 0 bridgehead atoms. The number of H-pyrrole nitrogens is 1. The molecule has 0 saturated carbocycles. The molecule has 0 aromatic carbocycles. The lowest BCUT2D eigenvalue weighted by Crippen LogP contribution is -1.99. The number of nitrogens with zero attached hydrogens (tertiary/aromatic N) is 2. The van der Waals surface area contributed by atoms with Gasteiger partial charge in [-0.1, -0.05) is 25.6 Å². The molecule has 0 radical (unpaired) electrons. The fourth-order valence-corrected chi connectivity index (χ4v) is 1.49. The minimum absolute atomic E-state index is 0.500. The second-order valence-electron chi connectivity index (χ2n) is 2.93. The van der Waals surface area contributed by atoms with Crippen LogP contribution in [0.4, 0.5) is 0 Å². The van der Waals surface area contributed by atoms with E-state index >= 15 is 0 Å². The Morgan fingerprint density at radius 3 is 3.08 bits per heavy atom. The SMILES string of the molecule is CCCc1cc(=S)n(CCC#N)[nH]1. The van der Waals surface area contributed by atoms with Crippen molar-refractivity contribution >= 4 is 12.2 Å². The highest BCUT2D eigenvalue weighted by atomic mass is 32.1. The molecule has 0 aliphatic rings. The zero-order valence-electron chi connectivity index (χ0n) is 7.71. The van der Waals surface area contributed by atoms with E-state index in [-0.39, 0.29) is 0 Å². The predicted molar refractivity (Wildman–Crippen MR) is 53.8 cm³/mol. The van der Waals surface area contributed by atoms with Crippen molar-refractivity contribution in [3.05, 3.63) is 16.4 Å². The summed E-state index contributed by atoms with van der Waals surface area (Å²) in [4.78, 5) is 0. The zero-order valence-corrected chi connectivity index (χ0v) is 8.52. The lowest BCUT2D eigenvalue weighted by atomic mass is 10.3. The van der Waals surface area contributed by atoms with Gasteiger partial charge in [-0.15, -0.1) is 0 Å². The molecule has 0 atom stereocenters. The van der Waals surface area contributed by atoms with Gasteiger partial charge < -0.3 is 5.10 Å². The molecule has 3 nitrogen and oxygen atoms in total. The van der Waals surface area contributed by atoms with Crippen molar-refractivity contribution in [2.75, 3.05) is 0 Å². The number of nitriles is 1. The highest BCUT2D eigenvalue weighted by Crippen LogP contribution is 2.02. The highest BCUT2D eigenvalue weighted by Gasteiger charge is 1.98. The summed E-state index contributed by atoms with van der Waals surface area (Å²) in [5.41, 5.74) is 1.16. The first kappa shape index (κ1) is 10.0. The van der Waals surface area contributed by atoms with Gasteiger partial charge in [0.2, 0.25) is 0 Å². The average Bonchev–Trinajstić information content (AvgIpc) is 2.44. The molecule has 70 valence electrons. The second-order valence-corrected chi connectivity index (χ2v) is 3.35. The molecule has 0 spiro atoms. The van der Waals surface area contributed by atoms with Gasteiger partial charge in [0.05, 0.1) is 19.0 Å². The molecule has 0 amide bonds. The largest absolute Gasteiger partial charge is 0.302 e. The Morgan fingerprint density at radius 2 is 2.46 bits per heavy atom. The van der Waals surface area contributed by atoms with Gasteiger partial charge in [-0.05, 0) is 12.5 Å². The van der Waals surface area contributed by atoms with Crippen LogP contribution in [0.25, 0.3) is 0 Å². The molecule has 1 heterocycles. The molecule has 0 aliphatic heterocycles. The maximum Gasteiger partial charge on any atom is 0.122 e. The minimum Gasteiger partial charge on any atom is -0.302 e. The molecule has 0 aliphatic carbocycles. The van der Waals surface area contributed by atoms with Gasteiger partial charge in [-0.3, -0.25) is 4.68 Å². The first-order valence-corrected chi connectivity index (χ1v) is 4.84. The number of hydrogen-bond acceptors (Lipinski definition) is 2. The van der Waals surface area contributed by atoms with Crippen LogP contribution in [0.15, 0.2) is 6.07 Å². The zero-order chi connectivity index (χ0) is 9.68. The van der Waals surface area contributed by atoms with E-state index in [1.54, 1.807) is 0 Å². The number of aromatic nitrogens is 2. The number of hydrogen-bond donors (Lipinski definition) is 1. The number of nitrogens with one attached hydrogen (secondary N) is 1. The van der Waals surface area contributed by atoms with Crippen LogP contribution in [-0.2, 0) is 13.0 Å². The topological polar surface area (TPSA) is 44.5 Å². The predicted octanol–water partition coefficient (Wildman–Crippen LogP) is 2.41. The quantitative estimate of drug-likeness (QED) is 0.750. The maximum atomic E-state index is 8.42. The molecular weight excluding hydrogens is 182 g/mol. The third-order valence-corrected chi connectivity index (χ3v) is 2.15. The maximum absolute atomic E-state index is 8.42. The van der Waals surface area contributed by atoms with Crippen LogP contribution in [0.3, 0.4) is 0 Å². The number of aryl methyl sites for hydroxylation is 2. The van der Waals surface area contributed by atoms with Crippen LogP contribution in [-0.4, -0.2) is 9.78 Å². The Morgan fingerprint density at radius 1 is 1.69 bits per heavy atom. The fourth-order valence-electron chi connectivity index (χ4n) is 1.21. The molecule has 13 heavy (non-hydrogen) atoms. The monoisotopic (exact) mass is 195 g/mol. The van der Waals surface area contributed by atoms with Gasteiger partial charge in [-0.2, -0.15) is 5.26 Å². The summed E-state index contributed by atoms with van der Waals surface area (Å²) in [5, 5.41) is 11.6. The molecule has 1 aromatic rings. The average molecular weight is 195 g/mol. The Bertz CT molecular complexity index is 356. The smallest absolute Gasteiger partial charge is 0.122 e. The molecule has 0 saturated heterocycles. The van der Waals surface area contributed by atoms with Crippen LogP contribution in [0.2, 0.25) is 0 Å². The molecule has 0 fully saturated rings. The van der Waals surface area contributed by atoms with Gasteiger partial charge in [0, 0.05) is 5.69 Å². The van der Waals surface area contributed by atoms with Crippen molar-refractivity contribution in [2.24, 2.45) is 0 Å². The third-order valence-electron chi connectivity index (χ3n) is 1.81. The lowest BCUT2D eigenvalue weighted by molar-refractivity contribution is 0.609. The van der Waals surface area contributed by atoms with Gasteiger partial charge in [0.25, 0.3) is 0 Å². The van der Waals surface area contributed by atoms with E-state index in [4.69, 9.17) is 17.5 Å². The van der Waals surface area contributed by atoms with E-state index < -0.39 is 0 Å². The normalized spacial score (nSPS) is 9.85. The van der Waals surface area contributed by atoms with Crippen molar-refractivity contribution in [1.29, 1.82) is 5.26 Å². The van der Waals surface area contributed by atoms with Gasteiger partial charge in [-0.25, -0.2) is 0 Å². The summed E-state index contributed by atoms with van der Waals surface area (Å²) >= 11 is 5.12. The summed E-state index contributed by atoms with van der Waals surface area (Å²) in [6.45, 7) is 2.79. The van der Waals surface area contributed by atoms with E-state index in [9.17, 15) is 0 Å². The molecular formula is C9H13N3S. The van der Waals surface area contributed by atoms with Crippen molar-refractivity contribution in [2.45, 2.75) is 32.7 Å². The van der Waals surface area contributed by atoms with Crippen molar-refractivity contribution in [3.8, 4) is 6.07 Å². The summed E-state index contributed by atoms with van der Waals surface area (Å²) < 4.78 is 2.64. The van der Waals surface area contributed by atoms with Gasteiger partial charge in [0.1, 0.15) is 4.64 Å². The Kier molecular flexibility index (Phi) is 3.71. The fraction of sp³-hybridized carbons (Fsp3) is 0.556. The number of aromatic amines is 1. The molecule has 1 rings (SSSR count). The summed E-state index contributed by atoms with van der Waals surface area (Å²) in [6, 6.07) is 4.07. The third kappa shape index (κ3) is 2.71. The van der Waals surface area contributed by atoms with Gasteiger partial charge in [0.15, 0.2) is 0 Å². The van der Waals surface area contributed by atoms with Gasteiger partial charge >= 0.3 is 0 Å². The van der Waals surface area contributed by atoms with E-state index in [2.05, 4.69) is 18.1 Å². The standard InChI is InChI=1S/C9H13N3S/c1-2-4-8-7-9(13)12(11-8)6-3-5-10/h7,11H,2-4,6H2,1H3. The number of rotatable bonds is 4. The van der Waals surface area contributed by atoms with Crippen molar-refractivity contribution in [3.63, 3.8) is 0 Å². The van der Waals surface area contributed by atoms with E-state index in [1.807, 2.05) is 10.7 Å². The van der Waals surface area contributed by atoms with Crippen LogP contribution in [0.5, 0.6) is 0 Å². The van der Waals surface area contributed by atoms with E-state index in [1.165, 1.54) is 0 Å². The summed E-state index contributed by atoms with van der Waals surface area (Å²) in [6.07, 6.45) is 2.62. The van der Waals surface area contributed by atoms with Crippen molar-refractivity contribution < 1.29 is 0 Å². The summed E-state index contributed by atoms with van der Waals surface area (Å²) in [5.74, 6) is 0. The van der Waals surface area contributed by atoms with Crippen LogP contribution < -0.4 is 0 Å². The minimum atomic E-state index is 0.500. The van der Waals surface area contributed by atoms with Crippen molar-refractivity contribution in [1.82, 2.24) is 9.78 Å². The van der Waals surface area contributed by atoms with Crippen LogP contribution >= 0.6 is 12.2 Å². The highest BCUT2D eigenvalue weighted by molar-refractivity contribution is 7.71. The lowest BCUT2D eigenvalue weighted by Gasteiger charge is -1.97. The summed E-state index contributed by atoms with van der Waals surface area (Å²) in [7, 11) is 0. The Balaban J connectivity index is 2.73. The Labute approximate surface area is 83.0 Å². The van der Waals surface area contributed by atoms with E-state index in [0.717, 1.165) is 23.2 Å². The first-order chi connectivity index (χ1) is 6.27. The van der Waals surface area contributed by atoms with Crippen LogP contribution in [0, 0.1) is 16.0 Å². The molecule has 1 aromatic heterocycles. The molecule has 4 heteroatoms.